The smallest absolute Gasteiger partial charge is 0.257 e. The van der Waals surface area contributed by atoms with E-state index in [0.717, 1.165) is 11.5 Å². The molecule has 2 aromatic rings. The number of carbonyl (C=O) groups excluding carboxylic acids is 1. The van der Waals surface area contributed by atoms with Crippen molar-refractivity contribution in [1.82, 2.24) is 10.5 Å². The van der Waals surface area contributed by atoms with E-state index < -0.39 is 0 Å². The van der Waals surface area contributed by atoms with Gasteiger partial charge in [0.05, 0.1) is 10.7 Å². The van der Waals surface area contributed by atoms with E-state index in [1.54, 1.807) is 18.2 Å². The summed E-state index contributed by atoms with van der Waals surface area (Å²) in [6.07, 6.45) is 0.602. The molecule has 0 spiro atoms. The van der Waals surface area contributed by atoms with Gasteiger partial charge >= 0.3 is 0 Å². The molecule has 0 radical (unpaired) electrons. The third kappa shape index (κ3) is 4.95. The number of aryl methyl sites for hydroxylation is 1. The Morgan fingerprint density at radius 1 is 1.38 bits per heavy atom. The Bertz CT molecular complexity index is 628. The Morgan fingerprint density at radius 3 is 2.86 bits per heavy atom. The second kappa shape index (κ2) is 7.33. The van der Waals surface area contributed by atoms with Crippen molar-refractivity contribution in [2.45, 2.75) is 13.3 Å². The summed E-state index contributed by atoms with van der Waals surface area (Å²) in [7, 11) is 0. The molecule has 0 bridgehead atoms. The molecule has 0 atom stereocenters. The first-order valence-electron chi connectivity index (χ1n) is 6.31. The quantitative estimate of drug-likeness (QED) is 0.885. The maximum Gasteiger partial charge on any atom is 0.257 e. The topological polar surface area (TPSA) is 64.4 Å². The van der Waals surface area contributed by atoms with E-state index in [2.05, 4.69) is 10.5 Å². The number of ether oxygens (including phenoxy) is 1. The van der Waals surface area contributed by atoms with Gasteiger partial charge < -0.3 is 14.6 Å². The standard InChI is InChI=1S/C14H14Cl2N2O3/c1-9-6-11(18-21-9)4-5-17-14(19)8-20-13-3-2-10(15)7-12(13)16/h2-3,6-7H,4-5,8H2,1H3,(H,17,19). The molecule has 0 saturated heterocycles. The molecule has 0 aliphatic carbocycles. The molecular weight excluding hydrogens is 315 g/mol. The minimum absolute atomic E-state index is 0.112. The number of benzene rings is 1. The molecule has 7 heteroatoms. The first-order valence-corrected chi connectivity index (χ1v) is 7.07. The minimum atomic E-state index is -0.235. The van der Waals surface area contributed by atoms with Crippen LogP contribution in [0.1, 0.15) is 11.5 Å². The molecule has 2 rings (SSSR count). The van der Waals surface area contributed by atoms with Crippen molar-refractivity contribution >= 4 is 29.1 Å². The van der Waals surface area contributed by atoms with Crippen LogP contribution in [0.15, 0.2) is 28.8 Å². The summed E-state index contributed by atoms with van der Waals surface area (Å²) in [5, 5.41) is 7.45. The summed E-state index contributed by atoms with van der Waals surface area (Å²) in [6, 6.07) is 6.66. The van der Waals surface area contributed by atoms with Crippen LogP contribution in [-0.2, 0) is 11.2 Å². The summed E-state index contributed by atoms with van der Waals surface area (Å²) in [6.45, 7) is 2.17. The molecule has 1 aromatic heterocycles. The van der Waals surface area contributed by atoms with Gasteiger partial charge in [0.2, 0.25) is 0 Å². The van der Waals surface area contributed by atoms with Crippen LogP contribution in [0.2, 0.25) is 10.0 Å². The molecule has 0 unspecified atom stereocenters. The fourth-order valence-corrected chi connectivity index (χ4v) is 2.12. The van der Waals surface area contributed by atoms with Gasteiger partial charge in [0, 0.05) is 24.1 Å². The Labute approximate surface area is 132 Å². The lowest BCUT2D eigenvalue weighted by atomic mass is 10.3. The molecule has 21 heavy (non-hydrogen) atoms. The normalized spacial score (nSPS) is 10.4. The molecule has 0 saturated carbocycles. The lowest BCUT2D eigenvalue weighted by molar-refractivity contribution is -0.123. The second-order valence-corrected chi connectivity index (χ2v) is 5.24. The summed E-state index contributed by atoms with van der Waals surface area (Å²) in [4.78, 5) is 11.6. The van der Waals surface area contributed by atoms with Crippen molar-refractivity contribution in [3.8, 4) is 5.75 Å². The molecule has 1 N–H and O–H groups in total. The third-order valence-corrected chi connectivity index (χ3v) is 3.16. The van der Waals surface area contributed by atoms with Crippen molar-refractivity contribution in [3.63, 3.8) is 0 Å². The highest BCUT2D eigenvalue weighted by molar-refractivity contribution is 6.35. The summed E-state index contributed by atoms with van der Waals surface area (Å²) < 4.78 is 10.3. The Morgan fingerprint density at radius 2 is 2.19 bits per heavy atom. The van der Waals surface area contributed by atoms with E-state index >= 15 is 0 Å². The predicted octanol–water partition coefficient (Wildman–Crippen LogP) is 3.03. The number of nitrogens with one attached hydrogen (secondary N) is 1. The Hall–Kier alpha value is -1.72. The van der Waals surface area contributed by atoms with Crippen LogP contribution in [0.5, 0.6) is 5.75 Å². The summed E-state index contributed by atoms with van der Waals surface area (Å²) in [5.74, 6) is 0.932. The average Bonchev–Trinajstić information content (AvgIpc) is 2.83. The lowest BCUT2D eigenvalue weighted by Gasteiger charge is -2.08. The van der Waals surface area contributed by atoms with Crippen molar-refractivity contribution in [2.24, 2.45) is 0 Å². The van der Waals surface area contributed by atoms with E-state index in [9.17, 15) is 4.79 Å². The number of nitrogens with zero attached hydrogens (tertiary/aromatic N) is 1. The van der Waals surface area contributed by atoms with E-state index in [1.165, 1.54) is 0 Å². The monoisotopic (exact) mass is 328 g/mol. The molecule has 5 nitrogen and oxygen atoms in total. The van der Waals surface area contributed by atoms with Gasteiger partial charge in [-0.25, -0.2) is 0 Å². The number of amides is 1. The predicted molar refractivity (Wildman–Crippen MR) is 79.9 cm³/mol. The maximum absolute atomic E-state index is 11.6. The molecule has 1 amide bonds. The van der Waals surface area contributed by atoms with Crippen molar-refractivity contribution in [1.29, 1.82) is 0 Å². The molecule has 0 aliphatic rings. The van der Waals surface area contributed by atoms with Crippen LogP contribution in [0.3, 0.4) is 0 Å². The third-order valence-electron chi connectivity index (χ3n) is 2.63. The van der Waals surface area contributed by atoms with Crippen LogP contribution in [0.25, 0.3) is 0 Å². The lowest BCUT2D eigenvalue weighted by Crippen LogP contribution is -2.30. The van der Waals surface area contributed by atoms with Crippen molar-refractivity contribution < 1.29 is 14.1 Å². The zero-order valence-corrected chi connectivity index (χ0v) is 12.9. The number of hydrogen-bond donors (Lipinski definition) is 1. The molecule has 0 fully saturated rings. The molecule has 1 aromatic carbocycles. The average molecular weight is 329 g/mol. The van der Waals surface area contributed by atoms with Gasteiger partial charge in [-0.2, -0.15) is 0 Å². The number of halogens is 2. The number of hydrogen-bond acceptors (Lipinski definition) is 4. The van der Waals surface area contributed by atoms with Crippen molar-refractivity contribution in [2.75, 3.05) is 13.2 Å². The van der Waals surface area contributed by atoms with Gasteiger partial charge in [-0.05, 0) is 25.1 Å². The van der Waals surface area contributed by atoms with Gasteiger partial charge in [-0.1, -0.05) is 28.4 Å². The van der Waals surface area contributed by atoms with Crippen LogP contribution < -0.4 is 10.1 Å². The number of aromatic nitrogens is 1. The van der Waals surface area contributed by atoms with E-state index in [1.807, 2.05) is 13.0 Å². The Kier molecular flexibility index (Phi) is 5.47. The SMILES string of the molecule is Cc1cc(CCNC(=O)COc2ccc(Cl)cc2Cl)no1. The first kappa shape index (κ1) is 15.7. The van der Waals surface area contributed by atoms with Crippen LogP contribution in [0, 0.1) is 6.92 Å². The fourth-order valence-electron chi connectivity index (χ4n) is 1.65. The van der Waals surface area contributed by atoms with Crippen LogP contribution >= 0.6 is 23.2 Å². The first-order chi connectivity index (χ1) is 10.0. The van der Waals surface area contributed by atoms with Gasteiger partial charge in [-0.15, -0.1) is 0 Å². The van der Waals surface area contributed by atoms with E-state index in [0.29, 0.717) is 28.8 Å². The van der Waals surface area contributed by atoms with Gasteiger partial charge in [0.1, 0.15) is 11.5 Å². The molecular formula is C14H14Cl2N2O3. The summed E-state index contributed by atoms with van der Waals surface area (Å²) in [5.41, 5.74) is 0.800. The highest BCUT2D eigenvalue weighted by Gasteiger charge is 2.07. The van der Waals surface area contributed by atoms with Crippen molar-refractivity contribution in [3.05, 3.63) is 45.8 Å². The van der Waals surface area contributed by atoms with Crippen LogP contribution in [-0.4, -0.2) is 24.2 Å². The van der Waals surface area contributed by atoms with Gasteiger partial charge in [0.25, 0.3) is 5.91 Å². The summed E-state index contributed by atoms with van der Waals surface area (Å²) >= 11 is 11.7. The number of rotatable bonds is 6. The number of carbonyl (C=O) groups is 1. The molecule has 112 valence electrons. The molecule has 1 heterocycles. The highest BCUT2D eigenvalue weighted by Crippen LogP contribution is 2.27. The maximum atomic E-state index is 11.6. The van der Waals surface area contributed by atoms with E-state index in [-0.39, 0.29) is 12.5 Å². The van der Waals surface area contributed by atoms with Gasteiger partial charge in [-0.3, -0.25) is 4.79 Å². The largest absolute Gasteiger partial charge is 0.482 e. The molecule has 0 aliphatic heterocycles. The zero-order chi connectivity index (χ0) is 15.2. The van der Waals surface area contributed by atoms with Crippen LogP contribution in [0.4, 0.5) is 0 Å². The fraction of sp³-hybridized carbons (Fsp3) is 0.286. The Balaban J connectivity index is 1.72. The van der Waals surface area contributed by atoms with E-state index in [4.69, 9.17) is 32.5 Å². The van der Waals surface area contributed by atoms with Gasteiger partial charge in [0.15, 0.2) is 6.61 Å². The highest BCUT2D eigenvalue weighted by atomic mass is 35.5. The second-order valence-electron chi connectivity index (χ2n) is 4.39. The minimum Gasteiger partial charge on any atom is -0.482 e. The zero-order valence-electron chi connectivity index (χ0n) is 11.4.